The molecule has 2 heterocycles. The second kappa shape index (κ2) is 5.26. The Morgan fingerprint density at radius 2 is 1.95 bits per heavy atom. The first-order chi connectivity index (χ1) is 8.97. The summed E-state index contributed by atoms with van der Waals surface area (Å²) in [7, 11) is 0. The van der Waals surface area contributed by atoms with Gasteiger partial charge in [-0.1, -0.05) is 6.07 Å². The number of aryl methyl sites for hydroxylation is 1. The Kier molecular flexibility index (Phi) is 3.69. The normalized spacial score (nSPS) is 11.4. The van der Waals surface area contributed by atoms with Crippen LogP contribution in [0.4, 0.5) is 19.0 Å². The van der Waals surface area contributed by atoms with Gasteiger partial charge >= 0.3 is 6.18 Å². The molecule has 3 nitrogen and oxygen atoms in total. The van der Waals surface area contributed by atoms with Crippen molar-refractivity contribution < 1.29 is 13.2 Å². The molecule has 2 aromatic rings. The first-order valence-electron chi connectivity index (χ1n) is 5.64. The van der Waals surface area contributed by atoms with Crippen molar-refractivity contribution in [2.75, 3.05) is 5.32 Å². The molecule has 0 saturated carbocycles. The molecule has 6 heteroatoms. The number of alkyl halides is 3. The molecule has 0 amide bonds. The minimum Gasteiger partial charge on any atom is -0.365 e. The van der Waals surface area contributed by atoms with Gasteiger partial charge in [-0.3, -0.25) is 4.98 Å². The van der Waals surface area contributed by atoms with Crippen LogP contribution in [-0.4, -0.2) is 9.97 Å². The van der Waals surface area contributed by atoms with E-state index in [0.717, 1.165) is 17.3 Å². The zero-order valence-corrected chi connectivity index (χ0v) is 10.2. The van der Waals surface area contributed by atoms with Crippen LogP contribution in [0, 0.1) is 6.92 Å². The van der Waals surface area contributed by atoms with E-state index < -0.39 is 11.7 Å². The van der Waals surface area contributed by atoms with Crippen molar-refractivity contribution in [1.82, 2.24) is 9.97 Å². The van der Waals surface area contributed by atoms with Crippen LogP contribution in [0.1, 0.15) is 16.8 Å². The molecule has 2 rings (SSSR count). The molecule has 0 unspecified atom stereocenters. The molecule has 0 fully saturated rings. The van der Waals surface area contributed by atoms with Gasteiger partial charge in [-0.2, -0.15) is 13.2 Å². The van der Waals surface area contributed by atoms with Crippen LogP contribution in [-0.2, 0) is 12.7 Å². The first kappa shape index (κ1) is 13.3. The molecule has 0 bridgehead atoms. The Morgan fingerprint density at radius 1 is 1.16 bits per heavy atom. The van der Waals surface area contributed by atoms with Gasteiger partial charge in [-0.05, 0) is 30.7 Å². The smallest absolute Gasteiger partial charge is 0.365 e. The molecule has 0 saturated heterocycles. The van der Waals surface area contributed by atoms with E-state index in [-0.39, 0.29) is 12.4 Å². The summed E-state index contributed by atoms with van der Waals surface area (Å²) in [6.45, 7) is 2.09. The van der Waals surface area contributed by atoms with Crippen molar-refractivity contribution in [1.29, 1.82) is 0 Å². The monoisotopic (exact) mass is 267 g/mol. The lowest BCUT2D eigenvalue weighted by Gasteiger charge is -2.13. The highest BCUT2D eigenvalue weighted by atomic mass is 19.4. The number of nitrogens with zero attached hydrogens (tertiary/aromatic N) is 2. The van der Waals surface area contributed by atoms with Crippen LogP contribution in [0.3, 0.4) is 0 Å². The summed E-state index contributed by atoms with van der Waals surface area (Å²) in [5.74, 6) is -0.171. The number of halogens is 3. The molecule has 19 heavy (non-hydrogen) atoms. The van der Waals surface area contributed by atoms with Crippen LogP contribution in [0.2, 0.25) is 0 Å². The third kappa shape index (κ3) is 3.43. The van der Waals surface area contributed by atoms with Crippen molar-refractivity contribution in [3.63, 3.8) is 0 Å². The van der Waals surface area contributed by atoms with E-state index in [1.54, 1.807) is 12.3 Å². The summed E-state index contributed by atoms with van der Waals surface area (Å²) < 4.78 is 38.2. The lowest BCUT2D eigenvalue weighted by atomic mass is 10.2. The summed E-state index contributed by atoms with van der Waals surface area (Å²) in [5, 5.41) is 2.68. The second-order valence-electron chi connectivity index (χ2n) is 4.06. The van der Waals surface area contributed by atoms with Crippen molar-refractivity contribution in [3.05, 3.63) is 53.5 Å². The van der Waals surface area contributed by atoms with E-state index >= 15 is 0 Å². The third-order valence-corrected chi connectivity index (χ3v) is 2.55. The number of hydrogen-bond acceptors (Lipinski definition) is 3. The third-order valence-electron chi connectivity index (χ3n) is 2.55. The highest BCUT2D eigenvalue weighted by Crippen LogP contribution is 2.33. The standard InChI is InChI=1S/C13H12F3N3/c1-9-4-5-10(7-18-9)8-19-12-11(13(14,15)16)3-2-6-17-12/h2-7H,8H2,1H3,(H,17,19). The molecule has 0 aliphatic rings. The average molecular weight is 267 g/mol. The van der Waals surface area contributed by atoms with Crippen LogP contribution in [0.15, 0.2) is 36.7 Å². The molecule has 0 aromatic carbocycles. The number of rotatable bonds is 3. The van der Waals surface area contributed by atoms with Gasteiger partial charge in [0.25, 0.3) is 0 Å². The zero-order valence-electron chi connectivity index (χ0n) is 10.2. The van der Waals surface area contributed by atoms with E-state index in [1.165, 1.54) is 12.3 Å². The fraction of sp³-hybridized carbons (Fsp3) is 0.231. The summed E-state index contributed by atoms with van der Waals surface area (Å²) in [4.78, 5) is 7.81. The highest BCUT2D eigenvalue weighted by Gasteiger charge is 2.33. The van der Waals surface area contributed by atoms with Crippen LogP contribution in [0.25, 0.3) is 0 Å². The number of pyridine rings is 2. The molecule has 100 valence electrons. The molecule has 1 N–H and O–H groups in total. The lowest BCUT2D eigenvalue weighted by molar-refractivity contribution is -0.137. The fourth-order valence-corrected chi connectivity index (χ4v) is 1.56. The van der Waals surface area contributed by atoms with Gasteiger partial charge in [0.05, 0.1) is 5.56 Å². The van der Waals surface area contributed by atoms with Crippen molar-refractivity contribution in [2.24, 2.45) is 0 Å². The zero-order chi connectivity index (χ0) is 13.9. The number of hydrogen-bond donors (Lipinski definition) is 1. The fourth-order valence-electron chi connectivity index (χ4n) is 1.56. The van der Waals surface area contributed by atoms with Crippen molar-refractivity contribution in [2.45, 2.75) is 19.6 Å². The Labute approximate surface area is 108 Å². The van der Waals surface area contributed by atoms with Crippen molar-refractivity contribution in [3.8, 4) is 0 Å². The predicted molar refractivity (Wildman–Crippen MR) is 65.5 cm³/mol. The molecular weight excluding hydrogens is 255 g/mol. The van der Waals surface area contributed by atoms with E-state index in [1.807, 2.05) is 13.0 Å². The molecule has 0 radical (unpaired) electrons. The lowest BCUT2D eigenvalue weighted by Crippen LogP contribution is -2.12. The van der Waals surface area contributed by atoms with Gasteiger partial charge in [0, 0.05) is 24.6 Å². The van der Waals surface area contributed by atoms with Crippen LogP contribution >= 0.6 is 0 Å². The predicted octanol–water partition coefficient (Wildman–Crippen LogP) is 3.42. The largest absolute Gasteiger partial charge is 0.419 e. The minimum absolute atomic E-state index is 0.171. The number of nitrogens with one attached hydrogen (secondary N) is 1. The van der Waals surface area contributed by atoms with Gasteiger partial charge in [0.1, 0.15) is 5.82 Å². The number of anilines is 1. The van der Waals surface area contributed by atoms with E-state index in [2.05, 4.69) is 15.3 Å². The minimum atomic E-state index is -4.41. The Hall–Kier alpha value is -2.11. The van der Waals surface area contributed by atoms with Crippen LogP contribution < -0.4 is 5.32 Å². The van der Waals surface area contributed by atoms with Gasteiger partial charge in [-0.15, -0.1) is 0 Å². The van der Waals surface area contributed by atoms with Crippen molar-refractivity contribution >= 4 is 5.82 Å². The Bertz CT molecular complexity index is 550. The maximum absolute atomic E-state index is 12.7. The molecular formula is C13H12F3N3. The van der Waals surface area contributed by atoms with Gasteiger partial charge in [-0.25, -0.2) is 4.98 Å². The van der Waals surface area contributed by atoms with E-state index in [4.69, 9.17) is 0 Å². The van der Waals surface area contributed by atoms with E-state index in [9.17, 15) is 13.2 Å². The van der Waals surface area contributed by atoms with Crippen LogP contribution in [0.5, 0.6) is 0 Å². The maximum atomic E-state index is 12.7. The summed E-state index contributed by atoms with van der Waals surface area (Å²) >= 11 is 0. The molecule has 0 atom stereocenters. The topological polar surface area (TPSA) is 37.8 Å². The molecule has 0 spiro atoms. The molecule has 0 aliphatic carbocycles. The highest BCUT2D eigenvalue weighted by molar-refractivity contribution is 5.45. The summed E-state index contributed by atoms with van der Waals surface area (Å²) in [6, 6.07) is 5.88. The summed E-state index contributed by atoms with van der Waals surface area (Å²) in [6.07, 6.45) is -1.47. The summed E-state index contributed by atoms with van der Waals surface area (Å²) in [5.41, 5.74) is 0.886. The van der Waals surface area contributed by atoms with Gasteiger partial charge < -0.3 is 5.32 Å². The Balaban J connectivity index is 2.14. The Morgan fingerprint density at radius 3 is 2.58 bits per heavy atom. The SMILES string of the molecule is Cc1ccc(CNc2ncccc2C(F)(F)F)cn1. The molecule has 0 aliphatic heterocycles. The van der Waals surface area contributed by atoms with Gasteiger partial charge in [0.15, 0.2) is 0 Å². The van der Waals surface area contributed by atoms with Gasteiger partial charge in [0.2, 0.25) is 0 Å². The van der Waals surface area contributed by atoms with E-state index in [0.29, 0.717) is 0 Å². The quantitative estimate of drug-likeness (QED) is 0.926. The molecule has 2 aromatic heterocycles. The number of aromatic nitrogens is 2. The maximum Gasteiger partial charge on any atom is 0.419 e. The second-order valence-corrected chi connectivity index (χ2v) is 4.06. The first-order valence-corrected chi connectivity index (χ1v) is 5.64. The average Bonchev–Trinajstić information content (AvgIpc) is 2.37.